The molecule has 0 aliphatic carbocycles. The molecule has 0 fully saturated rings. The number of hydrogen-bond acceptors (Lipinski definition) is 2. The van der Waals surface area contributed by atoms with Gasteiger partial charge in [-0.2, -0.15) is 18.4 Å². The molecule has 14 heavy (non-hydrogen) atoms. The molecule has 0 saturated heterocycles. The smallest absolute Gasteiger partial charge is 0.192 e. The first kappa shape index (κ1) is 11.7. The van der Waals surface area contributed by atoms with Crippen molar-refractivity contribution in [2.24, 2.45) is 0 Å². The predicted octanol–water partition coefficient (Wildman–Crippen LogP) is 3.47. The number of halogens is 4. The lowest BCUT2D eigenvalue weighted by atomic mass is 10.1. The summed E-state index contributed by atoms with van der Waals surface area (Å²) < 4.78 is 37.2. The molecule has 1 nitrogen and oxygen atoms in total. The number of hydrogen-bond donors (Lipinski definition) is 1. The first-order valence-corrected chi connectivity index (χ1v) is 4.88. The molecular weight excluding hydrogens is 326 g/mol. The predicted molar refractivity (Wildman–Crippen MR) is 56.1 cm³/mol. The first-order valence-electron chi connectivity index (χ1n) is 3.36. The third-order valence-corrected chi connectivity index (χ3v) is 2.69. The van der Waals surface area contributed by atoms with Gasteiger partial charge in [-0.3, -0.25) is 0 Å². The van der Waals surface area contributed by atoms with E-state index in [0.29, 0.717) is 0 Å². The Balaban J connectivity index is 3.42. The van der Waals surface area contributed by atoms with E-state index in [0.717, 1.165) is 6.07 Å². The van der Waals surface area contributed by atoms with E-state index in [4.69, 9.17) is 5.26 Å². The van der Waals surface area contributed by atoms with Gasteiger partial charge in [0.25, 0.3) is 0 Å². The van der Waals surface area contributed by atoms with Crippen molar-refractivity contribution >= 4 is 35.2 Å². The Labute approximate surface area is 97.5 Å². The lowest BCUT2D eigenvalue weighted by molar-refractivity contribution is -0.140. The molecule has 0 heterocycles. The van der Waals surface area contributed by atoms with Crippen LogP contribution in [-0.4, -0.2) is 0 Å². The lowest BCUT2D eigenvalue weighted by Crippen LogP contribution is -2.09. The van der Waals surface area contributed by atoms with Crippen LogP contribution in [0, 0.1) is 14.9 Å². The van der Waals surface area contributed by atoms with E-state index in [2.05, 4.69) is 12.6 Å². The van der Waals surface area contributed by atoms with Gasteiger partial charge in [0.2, 0.25) is 0 Å². The second-order valence-corrected chi connectivity index (χ2v) is 4.11. The minimum Gasteiger partial charge on any atom is -0.192 e. The van der Waals surface area contributed by atoms with Crippen LogP contribution in [0.1, 0.15) is 11.1 Å². The average Bonchev–Trinajstić information content (AvgIpc) is 1.99. The zero-order valence-electron chi connectivity index (χ0n) is 6.56. The first-order chi connectivity index (χ1) is 6.36. The minimum absolute atomic E-state index is 0.0147. The SMILES string of the molecule is N#Cc1cc(S)c(C(F)(F)F)c(I)c1. The highest BCUT2D eigenvalue weighted by molar-refractivity contribution is 14.1. The molecule has 0 radical (unpaired) electrons. The highest BCUT2D eigenvalue weighted by atomic mass is 127. The van der Waals surface area contributed by atoms with E-state index in [1.165, 1.54) is 6.07 Å². The van der Waals surface area contributed by atoms with Crippen molar-refractivity contribution in [1.82, 2.24) is 0 Å². The molecule has 1 rings (SSSR count). The van der Waals surface area contributed by atoms with Crippen LogP contribution in [0.2, 0.25) is 0 Å². The molecule has 0 atom stereocenters. The Hall–Kier alpha value is -0.420. The molecule has 0 N–H and O–H groups in total. The van der Waals surface area contributed by atoms with Crippen molar-refractivity contribution in [3.63, 3.8) is 0 Å². The quantitative estimate of drug-likeness (QED) is 0.572. The van der Waals surface area contributed by atoms with E-state index in [9.17, 15) is 13.2 Å². The number of nitrogens with zero attached hydrogens (tertiary/aromatic N) is 1. The van der Waals surface area contributed by atoms with Crippen LogP contribution in [0.15, 0.2) is 17.0 Å². The summed E-state index contributed by atoms with van der Waals surface area (Å²) in [6.07, 6.45) is -4.43. The molecular formula is C8H3F3INS. The van der Waals surface area contributed by atoms with Crippen LogP contribution in [0.3, 0.4) is 0 Å². The Kier molecular flexibility index (Phi) is 3.32. The van der Waals surface area contributed by atoms with Gasteiger partial charge in [-0.1, -0.05) is 0 Å². The molecule has 0 aliphatic rings. The summed E-state index contributed by atoms with van der Waals surface area (Å²) in [6, 6.07) is 4.06. The van der Waals surface area contributed by atoms with Gasteiger partial charge in [0.1, 0.15) is 0 Å². The van der Waals surface area contributed by atoms with Gasteiger partial charge in [-0.05, 0) is 34.7 Å². The van der Waals surface area contributed by atoms with Crippen LogP contribution in [0.5, 0.6) is 0 Å². The molecule has 0 unspecified atom stereocenters. The number of rotatable bonds is 0. The van der Waals surface area contributed by atoms with E-state index in [1.54, 1.807) is 28.7 Å². The highest BCUT2D eigenvalue weighted by Gasteiger charge is 2.35. The van der Waals surface area contributed by atoms with Gasteiger partial charge in [-0.15, -0.1) is 12.6 Å². The van der Waals surface area contributed by atoms with Gasteiger partial charge in [-0.25, -0.2) is 0 Å². The largest absolute Gasteiger partial charge is 0.418 e. The average molecular weight is 329 g/mol. The molecule has 0 saturated carbocycles. The molecule has 1 aromatic carbocycles. The van der Waals surface area contributed by atoms with Crippen LogP contribution in [0.4, 0.5) is 13.2 Å². The fourth-order valence-corrected chi connectivity index (χ4v) is 2.47. The third-order valence-electron chi connectivity index (χ3n) is 1.48. The maximum absolute atomic E-state index is 12.4. The minimum atomic E-state index is -4.43. The number of nitriles is 1. The summed E-state index contributed by atoms with van der Waals surface area (Å²) >= 11 is 5.25. The molecule has 74 valence electrons. The highest BCUT2D eigenvalue weighted by Crippen LogP contribution is 2.37. The van der Waals surface area contributed by atoms with Gasteiger partial charge in [0.05, 0.1) is 17.2 Å². The topological polar surface area (TPSA) is 23.8 Å². The molecule has 0 bridgehead atoms. The van der Waals surface area contributed by atoms with Crippen LogP contribution in [-0.2, 0) is 6.18 Å². The van der Waals surface area contributed by atoms with Crippen molar-refractivity contribution in [2.75, 3.05) is 0 Å². The van der Waals surface area contributed by atoms with Crippen molar-refractivity contribution in [3.05, 3.63) is 26.8 Å². The van der Waals surface area contributed by atoms with Crippen LogP contribution >= 0.6 is 35.2 Å². The maximum Gasteiger partial charge on any atom is 0.418 e. The maximum atomic E-state index is 12.4. The number of alkyl halides is 3. The monoisotopic (exact) mass is 329 g/mol. The Morgan fingerprint density at radius 1 is 1.36 bits per heavy atom. The third kappa shape index (κ3) is 2.33. The molecule has 0 amide bonds. The fourth-order valence-electron chi connectivity index (χ4n) is 0.937. The standard InChI is InChI=1S/C8H3F3INS/c9-8(10,11)7-5(12)1-4(3-13)2-6(7)14/h1-2,14H. The Morgan fingerprint density at radius 2 is 1.93 bits per heavy atom. The van der Waals surface area contributed by atoms with Crippen molar-refractivity contribution in [1.29, 1.82) is 5.26 Å². The lowest BCUT2D eigenvalue weighted by Gasteiger charge is -2.11. The van der Waals surface area contributed by atoms with Crippen LogP contribution < -0.4 is 0 Å². The van der Waals surface area contributed by atoms with Crippen molar-refractivity contribution in [2.45, 2.75) is 11.1 Å². The summed E-state index contributed by atoms with van der Waals surface area (Å²) in [5.41, 5.74) is -0.618. The summed E-state index contributed by atoms with van der Waals surface area (Å²) in [6.45, 7) is 0. The Morgan fingerprint density at radius 3 is 2.29 bits per heavy atom. The van der Waals surface area contributed by atoms with Gasteiger partial charge in [0, 0.05) is 8.47 Å². The number of benzene rings is 1. The van der Waals surface area contributed by atoms with Crippen LogP contribution in [0.25, 0.3) is 0 Å². The summed E-state index contributed by atoms with van der Waals surface area (Å²) in [5, 5.41) is 8.51. The zero-order valence-corrected chi connectivity index (χ0v) is 9.61. The Bertz CT molecular complexity index is 385. The van der Waals surface area contributed by atoms with E-state index in [1.807, 2.05) is 0 Å². The molecule has 0 aliphatic heterocycles. The molecule has 1 aromatic rings. The van der Waals surface area contributed by atoms with E-state index < -0.39 is 11.7 Å². The van der Waals surface area contributed by atoms with Gasteiger partial charge in [0.15, 0.2) is 0 Å². The van der Waals surface area contributed by atoms with Gasteiger partial charge < -0.3 is 0 Å². The summed E-state index contributed by atoms with van der Waals surface area (Å²) in [4.78, 5) is -0.221. The second-order valence-electron chi connectivity index (χ2n) is 2.46. The summed E-state index contributed by atoms with van der Waals surface area (Å²) in [5.74, 6) is 0. The van der Waals surface area contributed by atoms with E-state index >= 15 is 0 Å². The fraction of sp³-hybridized carbons (Fsp3) is 0.125. The zero-order chi connectivity index (χ0) is 10.9. The molecule has 0 spiro atoms. The summed E-state index contributed by atoms with van der Waals surface area (Å²) in [7, 11) is 0. The van der Waals surface area contributed by atoms with Crippen molar-refractivity contribution in [3.8, 4) is 6.07 Å². The molecule has 6 heteroatoms. The van der Waals surface area contributed by atoms with Crippen molar-refractivity contribution < 1.29 is 13.2 Å². The normalized spacial score (nSPS) is 11.1. The second kappa shape index (κ2) is 3.98. The number of thiol groups is 1. The van der Waals surface area contributed by atoms with E-state index in [-0.39, 0.29) is 14.0 Å². The van der Waals surface area contributed by atoms with Gasteiger partial charge >= 0.3 is 6.18 Å². The molecule has 0 aromatic heterocycles.